The number of methoxy groups -OCH3 is 1. The molecule has 1 aromatic heterocycles. The fourth-order valence-electron chi connectivity index (χ4n) is 10.1. The first kappa shape index (κ1) is 54.5. The first-order valence-corrected chi connectivity index (χ1v) is 23.6. The quantitative estimate of drug-likeness (QED) is 0.167. The number of carbonyl (C=O) groups is 3. The number of amides is 1. The Morgan fingerprint density at radius 2 is 1.58 bits per heavy atom. The predicted molar refractivity (Wildman–Crippen MR) is 244 cm³/mol. The zero-order valence-electron chi connectivity index (χ0n) is 41.5. The number of hydrogen-bond donors (Lipinski definition) is 6. The Kier molecular flexibility index (Phi) is 18.0. The van der Waals surface area contributed by atoms with E-state index in [2.05, 4.69) is 10.3 Å². The highest BCUT2D eigenvalue weighted by Crippen LogP contribution is 2.41. The van der Waals surface area contributed by atoms with E-state index >= 15 is 0 Å². The molecule has 0 bridgehead atoms. The molecule has 5 rings (SSSR count). The van der Waals surface area contributed by atoms with Crippen molar-refractivity contribution in [1.82, 2.24) is 15.2 Å². The molecule has 1 aromatic carbocycles. The summed E-state index contributed by atoms with van der Waals surface area (Å²) in [6.45, 7) is 15.9. The first-order chi connectivity index (χ1) is 31.2. The van der Waals surface area contributed by atoms with Gasteiger partial charge < -0.3 is 68.6 Å². The molecule has 3 fully saturated rings. The molecule has 0 saturated carbocycles. The number of aliphatic hydroxyl groups excluding tert-OH is 3. The van der Waals surface area contributed by atoms with Gasteiger partial charge >= 0.3 is 5.97 Å². The van der Waals surface area contributed by atoms with Crippen molar-refractivity contribution in [1.29, 1.82) is 0 Å². The zero-order chi connectivity index (χ0) is 49.9. The van der Waals surface area contributed by atoms with Crippen molar-refractivity contribution in [2.75, 3.05) is 27.7 Å². The minimum absolute atomic E-state index is 0.0302. The summed E-state index contributed by atoms with van der Waals surface area (Å²) in [5.74, 6) is -5.28. The largest absolute Gasteiger partial charge is 0.459 e. The number of hydrogen-bond acceptors (Lipinski definition) is 17. The summed E-state index contributed by atoms with van der Waals surface area (Å²) in [6, 6.07) is 8.88. The monoisotopic (exact) mass is 948 g/mol. The lowest BCUT2D eigenvalue weighted by Crippen LogP contribution is -2.61. The molecule has 6 N–H and O–H groups in total. The average Bonchev–Trinajstić information content (AvgIpc) is 3.64. The number of aryl methyl sites for hydroxylation is 1. The Morgan fingerprint density at radius 1 is 0.925 bits per heavy atom. The molecule has 0 spiro atoms. The van der Waals surface area contributed by atoms with Gasteiger partial charge in [0.05, 0.1) is 59.8 Å². The maximum Gasteiger partial charge on any atom is 0.311 e. The number of benzene rings is 1. The van der Waals surface area contributed by atoms with Crippen molar-refractivity contribution in [3.05, 3.63) is 41.8 Å². The summed E-state index contributed by atoms with van der Waals surface area (Å²) in [7, 11) is 5.13. The molecule has 18 heteroatoms. The smallest absolute Gasteiger partial charge is 0.311 e. The van der Waals surface area contributed by atoms with Crippen LogP contribution in [0.3, 0.4) is 0 Å². The van der Waals surface area contributed by atoms with Crippen LogP contribution < -0.4 is 5.32 Å². The molecule has 1 unspecified atom stereocenters. The third-order valence-electron chi connectivity index (χ3n) is 14.4. The number of ketones is 1. The maximum absolute atomic E-state index is 14.7. The van der Waals surface area contributed by atoms with Crippen LogP contribution in [0.15, 0.2) is 34.7 Å². The van der Waals surface area contributed by atoms with Crippen molar-refractivity contribution < 1.29 is 72.8 Å². The minimum Gasteiger partial charge on any atom is -0.459 e. The summed E-state index contributed by atoms with van der Waals surface area (Å²) in [4.78, 5) is 48.7. The summed E-state index contributed by atoms with van der Waals surface area (Å²) in [5.41, 5.74) is -4.06. The van der Waals surface area contributed by atoms with Crippen LogP contribution in [0.25, 0.3) is 11.5 Å². The highest BCUT2D eigenvalue weighted by atomic mass is 16.7. The molecule has 18 nitrogen and oxygen atoms in total. The van der Waals surface area contributed by atoms with Gasteiger partial charge in [-0.3, -0.25) is 14.4 Å². The standard InChI is InChI=1S/C49H77N3O15/c1-25-23-47(8,59)43(67-46-39(55)34(52(11)12)21-26(2)62-46)28(4)40(66-37-24-48(9,61-13)42(57)31(7)63-37)29(5)45(58)65-35(49(10,60)41(56)27(3)38(25)54)19-20-50-36(53)22-33-30(6)64-44(51-33)32-17-15-14-16-18-32/h14-18,25-29,31,34-35,37,39-43,46,55-57,59-60H,19-24H2,1-13H3,(H,50,53)/t25-,26-,27+,28+,29-,31+,34+,35-,37+,39-,40?,41-,42+,43-,46+,47-,48-,49-/m1/s1. The van der Waals surface area contributed by atoms with Gasteiger partial charge in [-0.15, -0.1) is 0 Å². The van der Waals surface area contributed by atoms with E-state index in [1.165, 1.54) is 27.9 Å². The number of aliphatic hydroxyl groups is 5. The fourth-order valence-corrected chi connectivity index (χ4v) is 10.1. The van der Waals surface area contributed by atoms with E-state index in [-0.39, 0.29) is 44.4 Å². The van der Waals surface area contributed by atoms with Crippen molar-refractivity contribution in [2.45, 2.75) is 186 Å². The molecule has 18 atom stereocenters. The minimum atomic E-state index is -2.24. The van der Waals surface area contributed by atoms with E-state index in [0.717, 1.165) is 5.56 Å². The summed E-state index contributed by atoms with van der Waals surface area (Å²) >= 11 is 0. The van der Waals surface area contributed by atoms with Gasteiger partial charge in [0, 0.05) is 55.9 Å². The Bertz CT molecular complexity index is 1960. The summed E-state index contributed by atoms with van der Waals surface area (Å²) in [5, 5.41) is 62.1. The lowest BCUT2D eigenvalue weighted by Gasteiger charge is -2.49. The molecule has 3 aliphatic heterocycles. The zero-order valence-corrected chi connectivity index (χ0v) is 41.5. The Hall–Kier alpha value is -3.40. The number of ether oxygens (including phenoxy) is 6. The van der Waals surface area contributed by atoms with E-state index in [4.69, 9.17) is 32.8 Å². The van der Waals surface area contributed by atoms with Gasteiger partial charge in [-0.05, 0) is 87.5 Å². The van der Waals surface area contributed by atoms with E-state index in [1.54, 1.807) is 41.5 Å². The van der Waals surface area contributed by atoms with Crippen LogP contribution in [0.5, 0.6) is 0 Å². The van der Waals surface area contributed by atoms with E-state index in [0.29, 0.717) is 23.8 Å². The van der Waals surface area contributed by atoms with Gasteiger partial charge in [-0.2, -0.15) is 0 Å². The van der Waals surface area contributed by atoms with Gasteiger partial charge in [0.15, 0.2) is 12.6 Å². The molecule has 0 radical (unpaired) electrons. The molecule has 378 valence electrons. The highest BCUT2D eigenvalue weighted by molar-refractivity contribution is 5.83. The number of nitrogens with one attached hydrogen (secondary N) is 1. The fraction of sp³-hybridized carbons (Fsp3) is 0.755. The van der Waals surface area contributed by atoms with Gasteiger partial charge in [-0.1, -0.05) is 39.0 Å². The molecule has 67 heavy (non-hydrogen) atoms. The molecule has 3 aliphatic rings. The number of rotatable bonds is 12. The van der Waals surface area contributed by atoms with Crippen LogP contribution in [0.4, 0.5) is 0 Å². The molecule has 1 amide bonds. The molecule has 3 saturated heterocycles. The van der Waals surface area contributed by atoms with Crippen LogP contribution in [0, 0.1) is 30.6 Å². The number of esters is 1. The SMILES string of the molecule is CO[C@]1(C)C[C@H](OC2[C@@H](C)C(=O)O[C@H](CCNC(=O)Cc3nc(-c4ccccc4)oc3C)[C@@](C)(O)[C@H](O)[C@@H](C)C(=O)[C@H](C)C[C@@](C)(O)[C@H](O[C@@H]3O[C@H](C)C[C@H](N(C)C)[C@H]3O)[C@H]2C)O[C@@H](C)[C@@H]1O. The second-order valence-corrected chi connectivity index (χ2v) is 20.3. The van der Waals surface area contributed by atoms with Gasteiger partial charge in [0.25, 0.3) is 0 Å². The van der Waals surface area contributed by atoms with Crippen LogP contribution in [0.1, 0.15) is 99.5 Å². The molecule has 2 aromatic rings. The second-order valence-electron chi connectivity index (χ2n) is 20.3. The number of nitrogens with zero attached hydrogens (tertiary/aromatic N) is 2. The van der Waals surface area contributed by atoms with E-state index in [9.17, 15) is 39.9 Å². The number of aromatic nitrogens is 1. The third kappa shape index (κ3) is 12.5. The van der Waals surface area contributed by atoms with E-state index < -0.39 is 113 Å². The maximum atomic E-state index is 14.7. The second kappa shape index (κ2) is 22.1. The van der Waals surface area contributed by atoms with Crippen LogP contribution in [-0.2, 0) is 49.2 Å². The Morgan fingerprint density at radius 3 is 2.21 bits per heavy atom. The van der Waals surface area contributed by atoms with Crippen LogP contribution >= 0.6 is 0 Å². The summed E-state index contributed by atoms with van der Waals surface area (Å²) in [6.07, 6.45) is -11.4. The molecule has 4 heterocycles. The Balaban J connectivity index is 1.50. The number of Topliss-reactive ketones (excluding diaryl/α,β-unsaturated/α-hetero) is 1. The molecular formula is C49H77N3O15. The lowest BCUT2D eigenvalue weighted by molar-refractivity contribution is -0.318. The lowest BCUT2D eigenvalue weighted by atomic mass is 9.74. The average molecular weight is 948 g/mol. The van der Waals surface area contributed by atoms with Gasteiger partial charge in [-0.25, -0.2) is 4.98 Å². The summed E-state index contributed by atoms with van der Waals surface area (Å²) < 4.78 is 43.5. The van der Waals surface area contributed by atoms with Crippen molar-refractivity contribution in [2.24, 2.45) is 23.7 Å². The van der Waals surface area contributed by atoms with Crippen molar-refractivity contribution in [3.8, 4) is 11.5 Å². The number of oxazole rings is 1. The molecule has 0 aliphatic carbocycles. The third-order valence-corrected chi connectivity index (χ3v) is 14.4. The number of carbonyl (C=O) groups excluding carboxylic acids is 3. The van der Waals surface area contributed by atoms with Crippen LogP contribution in [0.2, 0.25) is 0 Å². The first-order valence-electron chi connectivity index (χ1n) is 23.6. The predicted octanol–water partition coefficient (Wildman–Crippen LogP) is 3.09. The van der Waals surface area contributed by atoms with Crippen molar-refractivity contribution >= 4 is 17.7 Å². The normalized spacial score (nSPS) is 40.6. The number of likely N-dealkylation sites (N-methyl/N-ethyl adjacent to an activating group) is 1. The number of cyclic esters (lactones) is 1. The van der Waals surface area contributed by atoms with Crippen LogP contribution in [-0.4, -0.2) is 165 Å². The van der Waals surface area contributed by atoms with Crippen molar-refractivity contribution in [3.63, 3.8) is 0 Å². The van der Waals surface area contributed by atoms with Gasteiger partial charge in [0.1, 0.15) is 35.5 Å². The van der Waals surface area contributed by atoms with E-state index in [1.807, 2.05) is 56.3 Å². The van der Waals surface area contributed by atoms with Gasteiger partial charge in [0.2, 0.25) is 11.8 Å². The topological polar surface area (TPSA) is 249 Å². The molecular weight excluding hydrogens is 871 g/mol. The Labute approximate surface area is 395 Å². The highest BCUT2D eigenvalue weighted by Gasteiger charge is 2.54.